The van der Waals surface area contributed by atoms with E-state index in [0.29, 0.717) is 28.4 Å². The standard InChI is InChI=1S/C19H14FN5/c1-21-18-14-7-6-12(13-4-2-3-5-15(13)20)10-16(14)24-19(25-18)17-11-22-8-9-23-17/h2-11H,1H3,(H,21,24,25). The first-order valence-corrected chi connectivity index (χ1v) is 7.77. The van der Waals surface area contributed by atoms with Crippen LogP contribution in [-0.2, 0) is 0 Å². The summed E-state index contributed by atoms with van der Waals surface area (Å²) < 4.78 is 14.1. The molecule has 0 spiro atoms. The van der Waals surface area contributed by atoms with Crippen LogP contribution in [0, 0.1) is 5.82 Å². The van der Waals surface area contributed by atoms with Gasteiger partial charge in [0.25, 0.3) is 0 Å². The van der Waals surface area contributed by atoms with Crippen molar-refractivity contribution in [1.29, 1.82) is 0 Å². The molecule has 0 atom stereocenters. The molecular weight excluding hydrogens is 317 g/mol. The molecule has 0 aliphatic carbocycles. The Morgan fingerprint density at radius 1 is 1.00 bits per heavy atom. The van der Waals surface area contributed by atoms with Gasteiger partial charge in [-0.05, 0) is 23.8 Å². The topological polar surface area (TPSA) is 63.6 Å². The lowest BCUT2D eigenvalue weighted by atomic mass is 10.0. The molecule has 0 saturated heterocycles. The van der Waals surface area contributed by atoms with Gasteiger partial charge in [-0.25, -0.2) is 19.3 Å². The third-order valence-corrected chi connectivity index (χ3v) is 3.91. The van der Waals surface area contributed by atoms with Gasteiger partial charge in [0.15, 0.2) is 5.82 Å². The molecule has 0 unspecified atom stereocenters. The molecule has 1 N–H and O–H groups in total. The quantitative estimate of drug-likeness (QED) is 0.616. The molecule has 0 amide bonds. The number of rotatable bonds is 3. The molecule has 2 heterocycles. The summed E-state index contributed by atoms with van der Waals surface area (Å²) in [7, 11) is 1.80. The van der Waals surface area contributed by atoms with Gasteiger partial charge >= 0.3 is 0 Å². The third kappa shape index (κ3) is 2.78. The van der Waals surface area contributed by atoms with Crippen molar-refractivity contribution in [3.05, 3.63) is 66.9 Å². The Labute approximate surface area is 143 Å². The van der Waals surface area contributed by atoms with Crippen LogP contribution in [0.1, 0.15) is 0 Å². The van der Waals surface area contributed by atoms with Crippen molar-refractivity contribution >= 4 is 16.7 Å². The summed E-state index contributed by atoms with van der Waals surface area (Å²) in [5.74, 6) is 0.889. The van der Waals surface area contributed by atoms with Gasteiger partial charge in [-0.15, -0.1) is 0 Å². The van der Waals surface area contributed by atoms with Crippen LogP contribution in [0.25, 0.3) is 33.5 Å². The SMILES string of the molecule is CNc1nc(-c2cnccn2)nc2cc(-c3ccccc3F)ccc12. The molecular formula is C19H14FN5. The van der Waals surface area contributed by atoms with E-state index < -0.39 is 0 Å². The number of nitrogens with zero attached hydrogens (tertiary/aromatic N) is 4. The van der Waals surface area contributed by atoms with Gasteiger partial charge in [0, 0.05) is 30.4 Å². The Bertz CT molecular complexity index is 1050. The van der Waals surface area contributed by atoms with Crippen LogP contribution < -0.4 is 5.32 Å². The first-order chi connectivity index (χ1) is 12.3. The van der Waals surface area contributed by atoms with Crippen LogP contribution in [0.15, 0.2) is 61.1 Å². The molecule has 122 valence electrons. The van der Waals surface area contributed by atoms with Crippen molar-refractivity contribution in [2.24, 2.45) is 0 Å². The van der Waals surface area contributed by atoms with Gasteiger partial charge in [-0.2, -0.15) is 0 Å². The van der Waals surface area contributed by atoms with E-state index in [0.717, 1.165) is 10.9 Å². The Kier molecular flexibility index (Phi) is 3.78. The number of hydrogen-bond donors (Lipinski definition) is 1. The number of halogens is 1. The van der Waals surface area contributed by atoms with E-state index in [2.05, 4.69) is 25.3 Å². The van der Waals surface area contributed by atoms with Crippen LogP contribution in [0.4, 0.5) is 10.2 Å². The summed E-state index contributed by atoms with van der Waals surface area (Å²) in [5.41, 5.74) is 2.59. The Balaban J connectivity index is 1.93. The van der Waals surface area contributed by atoms with Gasteiger partial charge < -0.3 is 5.32 Å². The smallest absolute Gasteiger partial charge is 0.182 e. The van der Waals surface area contributed by atoms with Crippen LogP contribution in [0.2, 0.25) is 0 Å². The highest BCUT2D eigenvalue weighted by Gasteiger charge is 2.12. The molecule has 6 heteroatoms. The molecule has 0 radical (unpaired) electrons. The highest BCUT2D eigenvalue weighted by molar-refractivity contribution is 5.93. The largest absolute Gasteiger partial charge is 0.373 e. The van der Waals surface area contributed by atoms with Crippen LogP contribution >= 0.6 is 0 Å². The molecule has 4 aromatic rings. The third-order valence-electron chi connectivity index (χ3n) is 3.91. The number of aromatic nitrogens is 4. The van der Waals surface area contributed by atoms with Crippen molar-refractivity contribution in [3.63, 3.8) is 0 Å². The zero-order chi connectivity index (χ0) is 17.2. The maximum absolute atomic E-state index is 14.1. The van der Waals surface area contributed by atoms with E-state index in [1.165, 1.54) is 6.07 Å². The van der Waals surface area contributed by atoms with Gasteiger partial charge in [0.2, 0.25) is 0 Å². The average molecular weight is 331 g/mol. The highest BCUT2D eigenvalue weighted by atomic mass is 19.1. The Morgan fingerprint density at radius 3 is 2.64 bits per heavy atom. The lowest BCUT2D eigenvalue weighted by Crippen LogP contribution is -2.00. The Hall–Kier alpha value is -3.41. The van der Waals surface area contributed by atoms with E-state index in [4.69, 9.17) is 0 Å². The summed E-state index contributed by atoms with van der Waals surface area (Å²) in [4.78, 5) is 17.4. The number of hydrogen-bond acceptors (Lipinski definition) is 5. The van der Waals surface area contributed by atoms with Crippen molar-refractivity contribution in [3.8, 4) is 22.6 Å². The molecule has 2 aromatic carbocycles. The summed E-state index contributed by atoms with van der Waals surface area (Å²) in [6.45, 7) is 0. The molecule has 5 nitrogen and oxygen atoms in total. The number of nitrogens with one attached hydrogen (secondary N) is 1. The van der Waals surface area contributed by atoms with Crippen LogP contribution in [-0.4, -0.2) is 27.0 Å². The molecule has 0 saturated carbocycles. The van der Waals surface area contributed by atoms with Crippen LogP contribution in [0.5, 0.6) is 0 Å². The fourth-order valence-electron chi connectivity index (χ4n) is 2.71. The summed E-state index contributed by atoms with van der Waals surface area (Å²) >= 11 is 0. The lowest BCUT2D eigenvalue weighted by Gasteiger charge is -2.10. The molecule has 2 aromatic heterocycles. The minimum absolute atomic E-state index is 0.265. The lowest BCUT2D eigenvalue weighted by molar-refractivity contribution is 0.631. The second-order valence-corrected chi connectivity index (χ2v) is 5.45. The molecule has 0 fully saturated rings. The summed E-state index contributed by atoms with van der Waals surface area (Å²) in [5, 5.41) is 3.93. The second kappa shape index (κ2) is 6.24. The second-order valence-electron chi connectivity index (χ2n) is 5.45. The predicted octanol–water partition coefficient (Wildman–Crippen LogP) is 3.93. The van der Waals surface area contributed by atoms with E-state index >= 15 is 0 Å². The van der Waals surface area contributed by atoms with E-state index in [-0.39, 0.29) is 5.82 Å². The first kappa shape index (κ1) is 15.1. The summed E-state index contributed by atoms with van der Waals surface area (Å²) in [6.07, 6.45) is 4.80. The summed E-state index contributed by atoms with van der Waals surface area (Å²) in [6, 6.07) is 12.3. The van der Waals surface area contributed by atoms with Gasteiger partial charge in [-0.1, -0.05) is 24.3 Å². The van der Waals surface area contributed by atoms with Crippen molar-refractivity contribution in [2.45, 2.75) is 0 Å². The highest BCUT2D eigenvalue weighted by Crippen LogP contribution is 2.29. The molecule has 0 aliphatic heterocycles. The minimum atomic E-state index is -0.265. The zero-order valence-corrected chi connectivity index (χ0v) is 13.4. The van der Waals surface area contributed by atoms with E-state index in [1.54, 1.807) is 37.8 Å². The fraction of sp³-hybridized carbons (Fsp3) is 0.0526. The normalized spacial score (nSPS) is 10.8. The Morgan fingerprint density at radius 2 is 1.88 bits per heavy atom. The first-order valence-electron chi connectivity index (χ1n) is 7.77. The maximum atomic E-state index is 14.1. The fourth-order valence-corrected chi connectivity index (χ4v) is 2.71. The molecule has 4 rings (SSSR count). The van der Waals surface area contributed by atoms with Crippen molar-refractivity contribution in [2.75, 3.05) is 12.4 Å². The van der Waals surface area contributed by atoms with Crippen molar-refractivity contribution in [1.82, 2.24) is 19.9 Å². The zero-order valence-electron chi connectivity index (χ0n) is 13.4. The van der Waals surface area contributed by atoms with Gasteiger partial charge in [-0.3, -0.25) is 4.98 Å². The number of fused-ring (bicyclic) bond motifs is 1. The number of anilines is 1. The average Bonchev–Trinajstić information content (AvgIpc) is 2.67. The van der Waals surface area contributed by atoms with E-state index in [9.17, 15) is 4.39 Å². The van der Waals surface area contributed by atoms with Crippen LogP contribution in [0.3, 0.4) is 0 Å². The minimum Gasteiger partial charge on any atom is -0.373 e. The molecule has 0 aliphatic rings. The van der Waals surface area contributed by atoms with Crippen molar-refractivity contribution < 1.29 is 4.39 Å². The van der Waals surface area contributed by atoms with Gasteiger partial charge in [0.05, 0.1) is 11.7 Å². The predicted molar refractivity (Wildman–Crippen MR) is 95.5 cm³/mol. The van der Waals surface area contributed by atoms with E-state index in [1.807, 2.05) is 24.3 Å². The number of benzene rings is 2. The molecule has 0 bridgehead atoms. The monoisotopic (exact) mass is 331 g/mol. The molecule has 25 heavy (non-hydrogen) atoms. The maximum Gasteiger partial charge on any atom is 0.182 e. The van der Waals surface area contributed by atoms with Gasteiger partial charge in [0.1, 0.15) is 17.3 Å².